The van der Waals surface area contributed by atoms with E-state index in [1.165, 1.54) is 11.1 Å². The number of ether oxygens (including phenoxy) is 1. The van der Waals surface area contributed by atoms with Gasteiger partial charge in [-0.2, -0.15) is 0 Å². The van der Waals surface area contributed by atoms with E-state index in [2.05, 4.69) is 28.1 Å². The first kappa shape index (κ1) is 10.8. The van der Waals surface area contributed by atoms with Crippen molar-refractivity contribution in [3.8, 4) is 0 Å². The van der Waals surface area contributed by atoms with Crippen LogP contribution in [0.4, 0.5) is 0 Å². The highest BCUT2D eigenvalue weighted by Gasteiger charge is 2.34. The Morgan fingerprint density at radius 1 is 1.47 bits per heavy atom. The van der Waals surface area contributed by atoms with E-state index in [0.717, 1.165) is 23.6 Å². The largest absolute Gasteiger partial charge is 0.370 e. The molecule has 1 aliphatic carbocycles. The second kappa shape index (κ2) is 4.06. The van der Waals surface area contributed by atoms with Crippen LogP contribution < -0.4 is 0 Å². The predicted octanol–water partition coefficient (Wildman–Crippen LogP) is 2.52. The van der Waals surface area contributed by atoms with Crippen molar-refractivity contribution in [2.45, 2.75) is 24.9 Å². The summed E-state index contributed by atoms with van der Waals surface area (Å²) >= 11 is 3.44. The molecule has 0 spiro atoms. The molecule has 0 bridgehead atoms. The van der Waals surface area contributed by atoms with Gasteiger partial charge in [-0.25, -0.2) is 0 Å². The molecule has 3 heteroatoms. The van der Waals surface area contributed by atoms with Crippen molar-refractivity contribution in [1.29, 1.82) is 0 Å². The number of halogens is 1. The molecule has 1 unspecified atom stereocenters. The fraction of sp³-hybridized carbons (Fsp3) is 0.417. The van der Waals surface area contributed by atoms with E-state index in [4.69, 9.17) is 4.74 Å². The van der Waals surface area contributed by atoms with Gasteiger partial charge in [-0.3, -0.25) is 0 Å². The van der Waals surface area contributed by atoms with Crippen LogP contribution in [0.3, 0.4) is 0 Å². The van der Waals surface area contributed by atoms with Crippen LogP contribution in [0.5, 0.6) is 0 Å². The van der Waals surface area contributed by atoms with E-state index in [9.17, 15) is 4.79 Å². The lowest BCUT2D eigenvalue weighted by Gasteiger charge is -2.32. The van der Waals surface area contributed by atoms with Gasteiger partial charge >= 0.3 is 0 Å². The second-order valence-corrected chi connectivity index (χ2v) is 4.89. The van der Waals surface area contributed by atoms with Crippen LogP contribution in [0.2, 0.25) is 0 Å². The molecule has 2 nitrogen and oxygen atoms in total. The third kappa shape index (κ3) is 1.99. The number of hydrogen-bond donors (Lipinski definition) is 0. The number of hydrogen-bond acceptors (Lipinski definition) is 2. The molecular weight excluding hydrogens is 256 g/mol. The standard InChI is InChI=1S/C12H13BrO2/c1-15-12(8-14)5-4-9-2-3-11(13)6-10(9)7-12/h2-3,6,8H,4-5,7H2,1H3. The molecule has 80 valence electrons. The van der Waals surface area contributed by atoms with Crippen molar-refractivity contribution in [1.82, 2.24) is 0 Å². The quantitative estimate of drug-likeness (QED) is 0.771. The van der Waals surface area contributed by atoms with Crippen LogP contribution in [0, 0.1) is 0 Å². The third-order valence-electron chi connectivity index (χ3n) is 3.10. The lowest BCUT2D eigenvalue weighted by atomic mass is 9.81. The molecule has 0 radical (unpaired) electrons. The van der Waals surface area contributed by atoms with Crippen molar-refractivity contribution >= 4 is 22.2 Å². The lowest BCUT2D eigenvalue weighted by Crippen LogP contribution is -2.39. The Kier molecular flexibility index (Phi) is 2.94. The van der Waals surface area contributed by atoms with Crippen molar-refractivity contribution in [2.75, 3.05) is 7.11 Å². The zero-order chi connectivity index (χ0) is 10.9. The highest BCUT2D eigenvalue weighted by molar-refractivity contribution is 9.10. The van der Waals surface area contributed by atoms with Crippen molar-refractivity contribution < 1.29 is 9.53 Å². The van der Waals surface area contributed by atoms with Gasteiger partial charge in [0.25, 0.3) is 0 Å². The Morgan fingerprint density at radius 3 is 2.93 bits per heavy atom. The second-order valence-electron chi connectivity index (χ2n) is 3.98. The van der Waals surface area contributed by atoms with Crippen molar-refractivity contribution in [3.05, 3.63) is 33.8 Å². The maximum atomic E-state index is 11.1. The smallest absolute Gasteiger partial charge is 0.152 e. The molecule has 0 heterocycles. The molecule has 0 N–H and O–H groups in total. The minimum Gasteiger partial charge on any atom is -0.370 e. The average molecular weight is 269 g/mol. The topological polar surface area (TPSA) is 26.3 Å². The molecule has 15 heavy (non-hydrogen) atoms. The first-order valence-corrected chi connectivity index (χ1v) is 5.77. The summed E-state index contributed by atoms with van der Waals surface area (Å²) < 4.78 is 6.40. The third-order valence-corrected chi connectivity index (χ3v) is 3.59. The Morgan fingerprint density at radius 2 is 2.27 bits per heavy atom. The first-order chi connectivity index (χ1) is 7.19. The highest BCUT2D eigenvalue weighted by atomic mass is 79.9. The van der Waals surface area contributed by atoms with Gasteiger partial charge in [-0.05, 0) is 36.1 Å². The van der Waals surface area contributed by atoms with Crippen LogP contribution in [-0.2, 0) is 22.4 Å². The van der Waals surface area contributed by atoms with Crippen LogP contribution in [0.1, 0.15) is 17.5 Å². The fourth-order valence-corrected chi connectivity index (χ4v) is 2.49. The van der Waals surface area contributed by atoms with E-state index >= 15 is 0 Å². The summed E-state index contributed by atoms with van der Waals surface area (Å²) in [6, 6.07) is 6.23. The van der Waals surface area contributed by atoms with Crippen molar-refractivity contribution in [2.24, 2.45) is 0 Å². The predicted molar refractivity (Wildman–Crippen MR) is 62.0 cm³/mol. The Labute approximate surface area is 97.8 Å². The number of aryl methyl sites for hydroxylation is 1. The number of rotatable bonds is 2. The number of methoxy groups -OCH3 is 1. The number of fused-ring (bicyclic) bond motifs is 1. The minimum atomic E-state index is -0.603. The van der Waals surface area contributed by atoms with E-state index < -0.39 is 5.60 Å². The zero-order valence-corrected chi connectivity index (χ0v) is 10.2. The van der Waals surface area contributed by atoms with E-state index in [1.54, 1.807) is 7.11 Å². The van der Waals surface area contributed by atoms with Gasteiger partial charge in [0.05, 0.1) is 0 Å². The van der Waals surface area contributed by atoms with E-state index in [0.29, 0.717) is 6.42 Å². The molecular formula is C12H13BrO2. The van der Waals surface area contributed by atoms with Gasteiger partial charge in [-0.1, -0.05) is 22.0 Å². The fourth-order valence-electron chi connectivity index (χ4n) is 2.08. The first-order valence-electron chi connectivity index (χ1n) is 4.98. The van der Waals surface area contributed by atoms with Gasteiger partial charge in [0.2, 0.25) is 0 Å². The number of benzene rings is 1. The molecule has 0 aliphatic heterocycles. The van der Waals surface area contributed by atoms with Gasteiger partial charge in [-0.15, -0.1) is 0 Å². The molecule has 1 aromatic rings. The van der Waals surface area contributed by atoms with Gasteiger partial charge in [0.1, 0.15) is 5.60 Å². The molecule has 1 aliphatic rings. The van der Waals surface area contributed by atoms with Crippen LogP contribution in [-0.4, -0.2) is 19.0 Å². The summed E-state index contributed by atoms with van der Waals surface area (Å²) in [5.41, 5.74) is 1.94. The van der Waals surface area contributed by atoms with Gasteiger partial charge < -0.3 is 9.53 Å². The summed E-state index contributed by atoms with van der Waals surface area (Å²) in [6.07, 6.45) is 3.31. The van der Waals surface area contributed by atoms with E-state index in [1.807, 2.05) is 6.07 Å². The molecule has 0 aromatic heterocycles. The lowest BCUT2D eigenvalue weighted by molar-refractivity contribution is -0.128. The Bertz CT molecular complexity index is 389. The molecule has 1 aromatic carbocycles. The maximum absolute atomic E-state index is 11.1. The van der Waals surface area contributed by atoms with Gasteiger partial charge in [0.15, 0.2) is 6.29 Å². The molecule has 0 amide bonds. The number of aldehydes is 1. The average Bonchev–Trinajstić information content (AvgIpc) is 2.28. The molecule has 1 atom stereocenters. The van der Waals surface area contributed by atoms with E-state index in [-0.39, 0.29) is 0 Å². The minimum absolute atomic E-state index is 0.603. The Balaban J connectivity index is 2.36. The van der Waals surface area contributed by atoms with Crippen molar-refractivity contribution in [3.63, 3.8) is 0 Å². The molecule has 0 fully saturated rings. The number of carbonyl (C=O) groups is 1. The summed E-state index contributed by atoms with van der Waals surface area (Å²) in [4.78, 5) is 11.1. The maximum Gasteiger partial charge on any atom is 0.152 e. The Hall–Kier alpha value is -0.670. The molecule has 0 saturated heterocycles. The van der Waals surface area contributed by atoms with Crippen LogP contribution in [0.15, 0.2) is 22.7 Å². The van der Waals surface area contributed by atoms with Crippen LogP contribution in [0.25, 0.3) is 0 Å². The summed E-state index contributed by atoms with van der Waals surface area (Å²) in [6.45, 7) is 0. The normalized spacial score (nSPS) is 24.7. The number of carbonyl (C=O) groups excluding carboxylic acids is 1. The summed E-state index contributed by atoms with van der Waals surface area (Å²) in [7, 11) is 1.61. The van der Waals surface area contributed by atoms with Crippen LogP contribution >= 0.6 is 15.9 Å². The highest BCUT2D eigenvalue weighted by Crippen LogP contribution is 2.31. The van der Waals surface area contributed by atoms with Gasteiger partial charge in [0, 0.05) is 18.0 Å². The monoisotopic (exact) mass is 268 g/mol. The zero-order valence-electron chi connectivity index (χ0n) is 8.63. The SMILES string of the molecule is COC1(C=O)CCc2ccc(Br)cc2C1. The molecule has 0 saturated carbocycles. The summed E-state index contributed by atoms with van der Waals surface area (Å²) in [5, 5.41) is 0. The summed E-state index contributed by atoms with van der Waals surface area (Å²) in [5.74, 6) is 0. The molecule has 2 rings (SSSR count).